The first-order valence-corrected chi connectivity index (χ1v) is 8.82. The quantitative estimate of drug-likeness (QED) is 0.928. The third-order valence-electron chi connectivity index (χ3n) is 5.50. The van der Waals surface area contributed by atoms with Gasteiger partial charge >= 0.3 is 0 Å². The molecule has 2 saturated heterocycles. The molecule has 126 valence electrons. The van der Waals surface area contributed by atoms with Crippen LogP contribution in [0.5, 0.6) is 5.75 Å². The molecule has 0 aromatic heterocycles. The van der Waals surface area contributed by atoms with Crippen LogP contribution in [0.15, 0.2) is 18.2 Å². The van der Waals surface area contributed by atoms with Gasteiger partial charge in [-0.15, -0.1) is 0 Å². The lowest BCUT2D eigenvalue weighted by atomic mass is 9.92. The van der Waals surface area contributed by atoms with Crippen LogP contribution in [0.1, 0.15) is 30.4 Å². The lowest BCUT2D eigenvalue weighted by molar-refractivity contribution is -0.131. The summed E-state index contributed by atoms with van der Waals surface area (Å²) in [5, 5.41) is 3.47. The molecule has 4 heteroatoms. The molecule has 2 heterocycles. The van der Waals surface area contributed by atoms with E-state index in [0.717, 1.165) is 62.2 Å². The molecule has 23 heavy (non-hydrogen) atoms. The van der Waals surface area contributed by atoms with Gasteiger partial charge in [0.1, 0.15) is 5.75 Å². The Labute approximate surface area is 139 Å². The van der Waals surface area contributed by atoms with E-state index in [4.69, 9.17) is 4.74 Å². The Kier molecular flexibility index (Phi) is 5.21. The van der Waals surface area contributed by atoms with Crippen molar-refractivity contribution in [3.63, 3.8) is 0 Å². The van der Waals surface area contributed by atoms with Gasteiger partial charge in [-0.1, -0.05) is 12.1 Å². The van der Waals surface area contributed by atoms with Crippen molar-refractivity contribution < 1.29 is 9.53 Å². The molecule has 4 nitrogen and oxygen atoms in total. The van der Waals surface area contributed by atoms with Gasteiger partial charge in [-0.2, -0.15) is 0 Å². The van der Waals surface area contributed by atoms with Gasteiger partial charge < -0.3 is 15.0 Å². The number of carbonyl (C=O) groups is 1. The summed E-state index contributed by atoms with van der Waals surface area (Å²) in [4.78, 5) is 14.5. The second kappa shape index (κ2) is 7.35. The Morgan fingerprint density at radius 1 is 1.22 bits per heavy atom. The molecule has 1 N–H and O–H groups in total. The highest BCUT2D eigenvalue weighted by Gasteiger charge is 2.31. The smallest absolute Gasteiger partial charge is 0.225 e. The molecule has 0 saturated carbocycles. The zero-order valence-electron chi connectivity index (χ0n) is 14.3. The van der Waals surface area contributed by atoms with Gasteiger partial charge in [0.2, 0.25) is 5.91 Å². The topological polar surface area (TPSA) is 41.6 Å². The van der Waals surface area contributed by atoms with E-state index in [9.17, 15) is 4.79 Å². The van der Waals surface area contributed by atoms with E-state index in [0.29, 0.717) is 13.0 Å². The summed E-state index contributed by atoms with van der Waals surface area (Å²) in [5.74, 6) is 2.66. The first kappa shape index (κ1) is 16.3. The maximum atomic E-state index is 12.4. The summed E-state index contributed by atoms with van der Waals surface area (Å²) in [7, 11) is 0. The SMILES string of the molecule is Cc1cccc(OCCC(=O)N2CC[C@@H]3CNC[C@@H]3CC2)c1C. The number of hydrogen-bond acceptors (Lipinski definition) is 3. The van der Waals surface area contributed by atoms with Gasteiger partial charge in [0, 0.05) is 13.1 Å². The second-order valence-corrected chi connectivity index (χ2v) is 6.93. The lowest BCUT2D eigenvalue weighted by Gasteiger charge is -2.21. The van der Waals surface area contributed by atoms with Crippen LogP contribution in [0.25, 0.3) is 0 Å². The van der Waals surface area contributed by atoms with Crippen molar-refractivity contribution in [1.82, 2.24) is 10.2 Å². The Balaban J connectivity index is 1.47. The second-order valence-electron chi connectivity index (χ2n) is 6.93. The molecule has 3 rings (SSSR count). The van der Waals surface area contributed by atoms with Crippen LogP contribution in [0.4, 0.5) is 0 Å². The number of rotatable bonds is 4. The van der Waals surface area contributed by atoms with Gasteiger partial charge in [0.25, 0.3) is 0 Å². The van der Waals surface area contributed by atoms with Crippen molar-refractivity contribution in [1.29, 1.82) is 0 Å². The molecule has 0 radical (unpaired) electrons. The molecule has 1 aromatic rings. The zero-order valence-corrected chi connectivity index (χ0v) is 14.3. The minimum atomic E-state index is 0.239. The molecule has 2 aliphatic heterocycles. The average Bonchev–Trinajstić information content (AvgIpc) is 2.90. The van der Waals surface area contributed by atoms with Crippen LogP contribution >= 0.6 is 0 Å². The Morgan fingerprint density at radius 2 is 1.91 bits per heavy atom. The number of ether oxygens (including phenoxy) is 1. The number of hydrogen-bond donors (Lipinski definition) is 1. The number of likely N-dealkylation sites (tertiary alicyclic amines) is 1. The summed E-state index contributed by atoms with van der Waals surface area (Å²) in [5.41, 5.74) is 2.39. The van der Waals surface area contributed by atoms with E-state index in [1.807, 2.05) is 17.0 Å². The molecule has 0 spiro atoms. The van der Waals surface area contributed by atoms with E-state index >= 15 is 0 Å². The fraction of sp³-hybridized carbons (Fsp3) is 0.632. The van der Waals surface area contributed by atoms with E-state index in [1.165, 1.54) is 5.56 Å². The third kappa shape index (κ3) is 3.86. The van der Waals surface area contributed by atoms with Crippen molar-refractivity contribution >= 4 is 5.91 Å². The molecule has 2 atom stereocenters. The Bertz CT molecular complexity index is 544. The van der Waals surface area contributed by atoms with Crippen molar-refractivity contribution in [2.75, 3.05) is 32.8 Å². The molecule has 1 aromatic carbocycles. The lowest BCUT2D eigenvalue weighted by Crippen LogP contribution is -2.33. The number of benzene rings is 1. The van der Waals surface area contributed by atoms with Crippen LogP contribution < -0.4 is 10.1 Å². The first-order valence-electron chi connectivity index (χ1n) is 8.82. The van der Waals surface area contributed by atoms with Crippen LogP contribution in [0, 0.1) is 25.7 Å². The van der Waals surface area contributed by atoms with Crippen molar-refractivity contribution in [2.24, 2.45) is 11.8 Å². The third-order valence-corrected chi connectivity index (χ3v) is 5.50. The van der Waals surface area contributed by atoms with Crippen LogP contribution in [-0.2, 0) is 4.79 Å². The van der Waals surface area contributed by atoms with Crippen molar-refractivity contribution in [3.05, 3.63) is 29.3 Å². The van der Waals surface area contributed by atoms with Crippen LogP contribution in [0.2, 0.25) is 0 Å². The van der Waals surface area contributed by atoms with Gasteiger partial charge in [-0.3, -0.25) is 4.79 Å². The minimum absolute atomic E-state index is 0.239. The fourth-order valence-electron chi connectivity index (χ4n) is 3.75. The largest absolute Gasteiger partial charge is 0.493 e. The predicted octanol–water partition coefficient (Wildman–Crippen LogP) is 2.53. The fourth-order valence-corrected chi connectivity index (χ4v) is 3.75. The zero-order chi connectivity index (χ0) is 16.2. The summed E-state index contributed by atoms with van der Waals surface area (Å²) >= 11 is 0. The molecule has 0 bridgehead atoms. The Morgan fingerprint density at radius 3 is 2.61 bits per heavy atom. The average molecular weight is 316 g/mol. The Hall–Kier alpha value is -1.55. The molecule has 1 amide bonds. The number of carbonyl (C=O) groups excluding carboxylic acids is 1. The summed E-state index contributed by atoms with van der Waals surface area (Å²) in [6, 6.07) is 6.06. The van der Waals surface area contributed by atoms with Crippen molar-refractivity contribution in [3.8, 4) is 5.75 Å². The predicted molar refractivity (Wildman–Crippen MR) is 91.7 cm³/mol. The van der Waals surface area contributed by atoms with E-state index in [2.05, 4.69) is 25.2 Å². The number of aryl methyl sites for hydroxylation is 1. The first-order chi connectivity index (χ1) is 11.1. The van der Waals surface area contributed by atoms with Gasteiger partial charge in [-0.05, 0) is 68.8 Å². The van der Waals surface area contributed by atoms with Gasteiger partial charge in [0.15, 0.2) is 0 Å². The summed E-state index contributed by atoms with van der Waals surface area (Å²) in [6.07, 6.45) is 2.75. The molecule has 0 unspecified atom stereocenters. The molecular weight excluding hydrogens is 288 g/mol. The number of fused-ring (bicyclic) bond motifs is 1. The summed E-state index contributed by atoms with van der Waals surface area (Å²) < 4.78 is 5.83. The standard InChI is InChI=1S/C19H28N2O2/c1-14-4-3-5-18(15(14)2)23-11-8-19(22)21-9-6-16-12-20-13-17(16)7-10-21/h3-5,16-17,20H,6-13H2,1-2H3/t16-,17+. The molecule has 0 aliphatic carbocycles. The molecule has 2 fully saturated rings. The van der Waals surface area contributed by atoms with Crippen LogP contribution in [0.3, 0.4) is 0 Å². The van der Waals surface area contributed by atoms with Gasteiger partial charge in [-0.25, -0.2) is 0 Å². The monoisotopic (exact) mass is 316 g/mol. The maximum Gasteiger partial charge on any atom is 0.225 e. The van der Waals surface area contributed by atoms with Gasteiger partial charge in [0.05, 0.1) is 13.0 Å². The van der Waals surface area contributed by atoms with Crippen molar-refractivity contribution in [2.45, 2.75) is 33.1 Å². The minimum Gasteiger partial charge on any atom is -0.493 e. The highest BCUT2D eigenvalue weighted by atomic mass is 16.5. The number of nitrogens with one attached hydrogen (secondary N) is 1. The molecular formula is C19H28N2O2. The highest BCUT2D eigenvalue weighted by molar-refractivity contribution is 5.76. The van der Waals surface area contributed by atoms with E-state index in [-0.39, 0.29) is 5.91 Å². The normalized spacial score (nSPS) is 24.2. The highest BCUT2D eigenvalue weighted by Crippen LogP contribution is 2.27. The maximum absolute atomic E-state index is 12.4. The molecule has 2 aliphatic rings. The van der Waals surface area contributed by atoms with E-state index in [1.54, 1.807) is 0 Å². The number of nitrogens with zero attached hydrogens (tertiary/aromatic N) is 1. The van der Waals surface area contributed by atoms with E-state index < -0.39 is 0 Å². The number of amides is 1. The summed E-state index contributed by atoms with van der Waals surface area (Å²) in [6.45, 7) is 8.68. The van der Waals surface area contributed by atoms with Crippen LogP contribution in [-0.4, -0.2) is 43.6 Å².